The lowest BCUT2D eigenvalue weighted by Crippen LogP contribution is -2.39. The first-order valence-corrected chi connectivity index (χ1v) is 10.8. The van der Waals surface area contributed by atoms with E-state index in [1.807, 2.05) is 26.0 Å². The van der Waals surface area contributed by atoms with Crippen molar-refractivity contribution < 1.29 is 9.18 Å². The van der Waals surface area contributed by atoms with E-state index in [2.05, 4.69) is 21.7 Å². The molecule has 2 N–H and O–H groups in total. The van der Waals surface area contributed by atoms with Crippen LogP contribution in [0.3, 0.4) is 0 Å². The van der Waals surface area contributed by atoms with Crippen LogP contribution in [-0.2, 0) is 0 Å². The van der Waals surface area contributed by atoms with Gasteiger partial charge < -0.3 is 15.5 Å². The average Bonchev–Trinajstić information content (AvgIpc) is 3.00. The summed E-state index contributed by atoms with van der Waals surface area (Å²) in [6, 6.07) is 8.60. The molecule has 4 rings (SSSR count). The van der Waals surface area contributed by atoms with E-state index in [1.165, 1.54) is 6.07 Å². The maximum atomic E-state index is 14.1. The molecule has 0 aliphatic carbocycles. The minimum Gasteiger partial charge on any atom is -0.376 e. The lowest BCUT2D eigenvalue weighted by Gasteiger charge is -2.38. The molecule has 0 radical (unpaired) electrons. The molecule has 1 aromatic heterocycles. The number of carbonyl (C=O) groups is 1. The molecular formula is C24H29FN4O. The Bertz CT molecular complexity index is 942. The average molecular weight is 409 g/mol. The first-order valence-electron chi connectivity index (χ1n) is 10.8. The van der Waals surface area contributed by atoms with Crippen LogP contribution in [0.1, 0.15) is 54.7 Å². The predicted octanol–water partition coefficient (Wildman–Crippen LogP) is 4.07. The number of carbonyl (C=O) groups excluding carboxylic acids is 1. The highest BCUT2D eigenvalue weighted by molar-refractivity contribution is 5.93. The van der Waals surface area contributed by atoms with Gasteiger partial charge in [-0.25, -0.2) is 4.39 Å². The number of nitrogens with zero attached hydrogens (tertiary/aromatic N) is 2. The fourth-order valence-corrected chi connectivity index (χ4v) is 4.46. The second-order valence-corrected chi connectivity index (χ2v) is 8.04. The predicted molar refractivity (Wildman–Crippen MR) is 118 cm³/mol. The van der Waals surface area contributed by atoms with Crippen LogP contribution in [-0.4, -0.2) is 47.5 Å². The summed E-state index contributed by atoms with van der Waals surface area (Å²) in [5, 5.41) is 7.14. The number of hydrogen-bond donors (Lipinski definition) is 2. The van der Waals surface area contributed by atoms with Gasteiger partial charge in [0.25, 0.3) is 5.91 Å². The van der Waals surface area contributed by atoms with Crippen molar-refractivity contribution in [1.29, 1.82) is 0 Å². The second kappa shape index (κ2) is 8.56. The summed E-state index contributed by atoms with van der Waals surface area (Å²) in [5.41, 5.74) is 3.92. The van der Waals surface area contributed by atoms with Crippen molar-refractivity contribution in [2.45, 2.75) is 38.6 Å². The molecule has 6 heteroatoms. The summed E-state index contributed by atoms with van der Waals surface area (Å²) in [6.07, 6.45) is 7.02. The topological polar surface area (TPSA) is 57.3 Å². The SMILES string of the molecule is CCN(CC)C(=O)c1ccc(C2=CC3(CCCNCC3)Nc3ccc(F)cc32)cn1. The van der Waals surface area contributed by atoms with Gasteiger partial charge >= 0.3 is 0 Å². The molecule has 1 saturated heterocycles. The minimum atomic E-state index is -0.263. The zero-order chi connectivity index (χ0) is 21.1. The molecule has 1 aromatic carbocycles. The molecule has 0 bridgehead atoms. The summed E-state index contributed by atoms with van der Waals surface area (Å²) in [7, 11) is 0. The number of fused-ring (bicyclic) bond motifs is 1. The van der Waals surface area contributed by atoms with Crippen molar-refractivity contribution in [3.8, 4) is 0 Å². The van der Waals surface area contributed by atoms with Crippen LogP contribution in [0, 0.1) is 5.82 Å². The number of rotatable bonds is 4. The number of halogens is 1. The summed E-state index contributed by atoms with van der Waals surface area (Å²) in [4.78, 5) is 18.8. The van der Waals surface area contributed by atoms with Crippen LogP contribution in [0.2, 0.25) is 0 Å². The van der Waals surface area contributed by atoms with Crippen molar-refractivity contribution >= 4 is 17.2 Å². The maximum Gasteiger partial charge on any atom is 0.272 e. The summed E-state index contributed by atoms with van der Waals surface area (Å²) >= 11 is 0. The Kier molecular flexibility index (Phi) is 5.86. The molecule has 1 fully saturated rings. The second-order valence-electron chi connectivity index (χ2n) is 8.04. The number of hydrogen-bond acceptors (Lipinski definition) is 4. The van der Waals surface area contributed by atoms with E-state index < -0.39 is 0 Å². The van der Waals surface area contributed by atoms with Crippen LogP contribution in [0.15, 0.2) is 42.6 Å². The largest absolute Gasteiger partial charge is 0.376 e. The number of benzene rings is 1. The monoisotopic (exact) mass is 408 g/mol. The van der Waals surface area contributed by atoms with Gasteiger partial charge in [-0.2, -0.15) is 0 Å². The molecule has 1 spiro atoms. The summed E-state index contributed by atoms with van der Waals surface area (Å²) in [5.74, 6) is -0.329. The van der Waals surface area contributed by atoms with Gasteiger partial charge in [-0.1, -0.05) is 12.1 Å². The molecule has 0 saturated carbocycles. The van der Waals surface area contributed by atoms with Crippen LogP contribution in [0.25, 0.3) is 5.57 Å². The Labute approximate surface area is 177 Å². The van der Waals surface area contributed by atoms with Gasteiger partial charge in [-0.05, 0) is 76.0 Å². The normalized spacial score (nSPS) is 20.7. The highest BCUT2D eigenvalue weighted by Crippen LogP contribution is 2.41. The van der Waals surface area contributed by atoms with Crippen molar-refractivity contribution in [1.82, 2.24) is 15.2 Å². The fourth-order valence-electron chi connectivity index (χ4n) is 4.46. The molecule has 2 aliphatic heterocycles. The Morgan fingerprint density at radius 1 is 1.17 bits per heavy atom. The zero-order valence-electron chi connectivity index (χ0n) is 17.7. The zero-order valence-corrected chi connectivity index (χ0v) is 17.7. The number of nitrogens with one attached hydrogen (secondary N) is 2. The maximum absolute atomic E-state index is 14.1. The van der Waals surface area contributed by atoms with E-state index >= 15 is 0 Å². The third-order valence-corrected chi connectivity index (χ3v) is 6.14. The molecule has 1 unspecified atom stereocenters. The fraction of sp³-hybridized carbons (Fsp3) is 0.417. The third-order valence-electron chi connectivity index (χ3n) is 6.14. The van der Waals surface area contributed by atoms with Crippen LogP contribution >= 0.6 is 0 Å². The molecule has 158 valence electrons. The van der Waals surface area contributed by atoms with Crippen LogP contribution in [0.5, 0.6) is 0 Å². The van der Waals surface area contributed by atoms with E-state index in [4.69, 9.17) is 0 Å². The molecule has 5 nitrogen and oxygen atoms in total. The van der Waals surface area contributed by atoms with Crippen LogP contribution < -0.4 is 10.6 Å². The van der Waals surface area contributed by atoms with E-state index in [1.54, 1.807) is 23.2 Å². The molecular weight excluding hydrogens is 379 g/mol. The third kappa shape index (κ3) is 3.97. The van der Waals surface area contributed by atoms with Crippen LogP contribution in [0.4, 0.5) is 10.1 Å². The number of anilines is 1. The number of amides is 1. The highest BCUT2D eigenvalue weighted by Gasteiger charge is 2.34. The summed E-state index contributed by atoms with van der Waals surface area (Å²) < 4.78 is 14.1. The van der Waals surface area contributed by atoms with Gasteiger partial charge in [-0.15, -0.1) is 0 Å². The molecule has 2 aromatic rings. The molecule has 2 aliphatic rings. The quantitative estimate of drug-likeness (QED) is 0.801. The number of pyridine rings is 1. The van der Waals surface area contributed by atoms with Crippen molar-refractivity contribution in [3.05, 3.63) is 65.2 Å². The van der Waals surface area contributed by atoms with Gasteiger partial charge in [0.15, 0.2) is 0 Å². The van der Waals surface area contributed by atoms with Crippen molar-refractivity contribution in [2.75, 3.05) is 31.5 Å². The van der Waals surface area contributed by atoms with Gasteiger partial charge in [0.05, 0.1) is 5.54 Å². The van der Waals surface area contributed by atoms with Gasteiger partial charge in [0.2, 0.25) is 0 Å². The number of aromatic nitrogens is 1. The van der Waals surface area contributed by atoms with E-state index in [0.29, 0.717) is 18.8 Å². The molecule has 1 amide bonds. The van der Waals surface area contributed by atoms with E-state index in [-0.39, 0.29) is 17.3 Å². The first-order chi connectivity index (χ1) is 14.5. The lowest BCUT2D eigenvalue weighted by atomic mass is 9.81. The standard InChI is InChI=1S/C24H29FN4O/c1-3-29(4-2)23(30)22-8-6-17(16-27-22)20-15-24(10-5-12-26-13-11-24)28-21-9-7-18(25)14-19(20)21/h6-9,14-16,26,28H,3-5,10-13H2,1-2H3. The first kappa shape index (κ1) is 20.5. The van der Waals surface area contributed by atoms with E-state index in [9.17, 15) is 9.18 Å². The Morgan fingerprint density at radius 2 is 2.00 bits per heavy atom. The van der Waals surface area contributed by atoms with Gasteiger partial charge in [0.1, 0.15) is 11.5 Å². The minimum absolute atomic E-state index is 0.0661. The Balaban J connectivity index is 1.74. The highest BCUT2D eigenvalue weighted by atomic mass is 19.1. The van der Waals surface area contributed by atoms with Crippen molar-refractivity contribution in [3.63, 3.8) is 0 Å². The summed E-state index contributed by atoms with van der Waals surface area (Å²) in [6.45, 7) is 7.16. The van der Waals surface area contributed by atoms with Gasteiger partial charge in [0, 0.05) is 36.1 Å². The molecule has 30 heavy (non-hydrogen) atoms. The smallest absolute Gasteiger partial charge is 0.272 e. The molecule has 3 heterocycles. The molecule has 1 atom stereocenters. The van der Waals surface area contributed by atoms with Crippen molar-refractivity contribution in [2.24, 2.45) is 0 Å². The Morgan fingerprint density at radius 3 is 2.73 bits per heavy atom. The lowest BCUT2D eigenvalue weighted by molar-refractivity contribution is 0.0767. The Hall–Kier alpha value is -2.73. The van der Waals surface area contributed by atoms with Gasteiger partial charge in [-0.3, -0.25) is 9.78 Å². The van der Waals surface area contributed by atoms with E-state index in [0.717, 1.165) is 54.7 Å².